The average molecular weight is 283 g/mol. The van der Waals surface area contributed by atoms with Crippen LogP contribution in [0, 0.1) is 10.1 Å². The Balaban J connectivity index is 1.93. The number of hydrogen-bond donors (Lipinski definition) is 1. The number of nitro groups is 1. The second-order valence-corrected chi connectivity index (χ2v) is 4.26. The molecule has 6 nitrogen and oxygen atoms in total. The van der Waals surface area contributed by atoms with Crippen molar-refractivity contribution in [2.24, 2.45) is 0 Å². The second kappa shape index (κ2) is 6.95. The topological polar surface area (TPSA) is 85.1 Å². The van der Waals surface area contributed by atoms with Gasteiger partial charge in [0.25, 0.3) is 5.69 Å². The van der Waals surface area contributed by atoms with Gasteiger partial charge in [-0.3, -0.25) is 19.9 Å². The minimum atomic E-state index is -0.472. The summed E-state index contributed by atoms with van der Waals surface area (Å²) in [5, 5.41) is 13.4. The zero-order valence-electron chi connectivity index (χ0n) is 11.1. The third-order valence-corrected chi connectivity index (χ3v) is 2.70. The lowest BCUT2D eigenvalue weighted by molar-refractivity contribution is -0.384. The normalized spacial score (nSPS) is 10.5. The van der Waals surface area contributed by atoms with Gasteiger partial charge in [0.15, 0.2) is 0 Å². The molecule has 0 saturated carbocycles. The Hall–Kier alpha value is -3.02. The average Bonchev–Trinajstić information content (AvgIpc) is 2.52. The third-order valence-electron chi connectivity index (χ3n) is 2.70. The molecule has 21 heavy (non-hydrogen) atoms. The number of nitrogens with zero attached hydrogens (tertiary/aromatic N) is 2. The van der Waals surface area contributed by atoms with Crippen LogP contribution in [0.2, 0.25) is 0 Å². The van der Waals surface area contributed by atoms with E-state index >= 15 is 0 Å². The molecule has 1 aromatic carbocycles. The predicted molar refractivity (Wildman–Crippen MR) is 78.2 cm³/mol. The van der Waals surface area contributed by atoms with Crippen LogP contribution in [-0.4, -0.2) is 15.8 Å². The molecule has 0 aliphatic carbocycles. The largest absolute Gasteiger partial charge is 0.348 e. The van der Waals surface area contributed by atoms with Gasteiger partial charge in [-0.25, -0.2) is 0 Å². The zero-order chi connectivity index (χ0) is 15.1. The number of nitro benzene ring substituents is 1. The summed E-state index contributed by atoms with van der Waals surface area (Å²) in [7, 11) is 0. The molecule has 2 rings (SSSR count). The van der Waals surface area contributed by atoms with Crippen LogP contribution >= 0.6 is 0 Å². The van der Waals surface area contributed by atoms with E-state index < -0.39 is 4.92 Å². The maximum absolute atomic E-state index is 11.7. The second-order valence-electron chi connectivity index (χ2n) is 4.26. The number of aromatic nitrogens is 1. The molecule has 1 aromatic heterocycles. The van der Waals surface area contributed by atoms with Gasteiger partial charge < -0.3 is 5.32 Å². The Morgan fingerprint density at radius 3 is 2.90 bits per heavy atom. The lowest BCUT2D eigenvalue weighted by Crippen LogP contribution is -2.20. The molecule has 6 heteroatoms. The van der Waals surface area contributed by atoms with Crippen molar-refractivity contribution >= 4 is 17.7 Å². The maximum Gasteiger partial charge on any atom is 0.270 e. The van der Waals surface area contributed by atoms with Gasteiger partial charge in [0.2, 0.25) is 5.91 Å². The third kappa shape index (κ3) is 4.54. The molecule has 0 radical (unpaired) electrons. The highest BCUT2D eigenvalue weighted by atomic mass is 16.6. The van der Waals surface area contributed by atoms with Gasteiger partial charge in [-0.2, -0.15) is 0 Å². The maximum atomic E-state index is 11.7. The molecule has 1 heterocycles. The van der Waals surface area contributed by atoms with E-state index in [1.807, 2.05) is 6.07 Å². The molecule has 0 aliphatic rings. The summed E-state index contributed by atoms with van der Waals surface area (Å²) >= 11 is 0. The van der Waals surface area contributed by atoms with E-state index in [0.717, 1.165) is 5.56 Å². The molecule has 0 aliphatic heterocycles. The smallest absolute Gasteiger partial charge is 0.270 e. The number of carbonyl (C=O) groups excluding carboxylic acids is 1. The first-order valence-corrected chi connectivity index (χ1v) is 6.24. The highest BCUT2D eigenvalue weighted by Crippen LogP contribution is 2.13. The summed E-state index contributed by atoms with van der Waals surface area (Å²) in [6.07, 6.45) is 6.21. The first kappa shape index (κ1) is 14.4. The SMILES string of the molecule is O=C(C=Cc1cccc([N+](=O)[O-])c1)NCc1cccnc1. The number of amides is 1. The molecule has 0 fully saturated rings. The molecule has 0 spiro atoms. The van der Waals surface area contributed by atoms with Crippen LogP contribution in [0.3, 0.4) is 0 Å². The molecule has 1 N–H and O–H groups in total. The molecule has 1 amide bonds. The molecule has 0 unspecified atom stereocenters. The highest BCUT2D eigenvalue weighted by molar-refractivity contribution is 5.91. The zero-order valence-corrected chi connectivity index (χ0v) is 11.1. The van der Waals surface area contributed by atoms with Crippen molar-refractivity contribution in [2.75, 3.05) is 0 Å². The number of pyridine rings is 1. The quantitative estimate of drug-likeness (QED) is 0.518. The Morgan fingerprint density at radius 2 is 2.19 bits per heavy atom. The van der Waals surface area contributed by atoms with Gasteiger partial charge in [-0.15, -0.1) is 0 Å². The van der Waals surface area contributed by atoms with E-state index in [9.17, 15) is 14.9 Å². The van der Waals surface area contributed by atoms with Crippen molar-refractivity contribution in [3.05, 3.63) is 76.1 Å². The van der Waals surface area contributed by atoms with Crippen molar-refractivity contribution in [1.29, 1.82) is 0 Å². The molecule has 0 saturated heterocycles. The summed E-state index contributed by atoms with van der Waals surface area (Å²) < 4.78 is 0. The van der Waals surface area contributed by atoms with Crippen LogP contribution < -0.4 is 5.32 Å². The van der Waals surface area contributed by atoms with E-state index in [1.165, 1.54) is 24.3 Å². The van der Waals surface area contributed by atoms with E-state index in [0.29, 0.717) is 12.1 Å². The Kier molecular flexibility index (Phi) is 4.76. The lowest BCUT2D eigenvalue weighted by Gasteiger charge is -2.01. The fourth-order valence-corrected chi connectivity index (χ4v) is 1.66. The Labute approximate surface area is 121 Å². The molecular formula is C15H13N3O3. The van der Waals surface area contributed by atoms with Crippen molar-refractivity contribution in [2.45, 2.75) is 6.54 Å². The highest BCUT2D eigenvalue weighted by Gasteiger charge is 2.04. The number of non-ortho nitro benzene ring substituents is 1. The van der Waals surface area contributed by atoms with Crippen LogP contribution in [-0.2, 0) is 11.3 Å². The summed E-state index contributed by atoms with van der Waals surface area (Å²) in [5.74, 6) is -0.273. The van der Waals surface area contributed by atoms with E-state index in [1.54, 1.807) is 30.6 Å². The summed E-state index contributed by atoms with van der Waals surface area (Å²) in [4.78, 5) is 25.8. The number of benzene rings is 1. The molecule has 0 atom stereocenters. The number of hydrogen-bond acceptors (Lipinski definition) is 4. The standard InChI is InChI=1S/C15H13N3O3/c19-15(17-11-13-4-2-8-16-10-13)7-6-12-3-1-5-14(9-12)18(20)21/h1-10H,11H2,(H,17,19). The van der Waals surface area contributed by atoms with Crippen molar-refractivity contribution in [1.82, 2.24) is 10.3 Å². The number of rotatable bonds is 5. The predicted octanol–water partition coefficient (Wildman–Crippen LogP) is 2.32. The Morgan fingerprint density at radius 1 is 1.33 bits per heavy atom. The van der Waals surface area contributed by atoms with Gasteiger partial charge >= 0.3 is 0 Å². The van der Waals surface area contributed by atoms with E-state index in [-0.39, 0.29) is 11.6 Å². The van der Waals surface area contributed by atoms with E-state index in [2.05, 4.69) is 10.3 Å². The van der Waals surface area contributed by atoms with Crippen molar-refractivity contribution in [3.8, 4) is 0 Å². The number of nitrogens with one attached hydrogen (secondary N) is 1. The minimum absolute atomic E-state index is 0.00656. The van der Waals surface area contributed by atoms with Gasteiger partial charge in [0.1, 0.15) is 0 Å². The summed E-state index contributed by atoms with van der Waals surface area (Å²) in [5.41, 5.74) is 1.49. The van der Waals surface area contributed by atoms with Crippen molar-refractivity contribution < 1.29 is 9.72 Å². The lowest BCUT2D eigenvalue weighted by atomic mass is 10.2. The van der Waals surface area contributed by atoms with Gasteiger partial charge in [0.05, 0.1) is 4.92 Å². The first-order valence-electron chi connectivity index (χ1n) is 6.24. The Bertz CT molecular complexity index is 669. The molecule has 2 aromatic rings. The van der Waals surface area contributed by atoms with Gasteiger partial charge in [-0.05, 0) is 23.3 Å². The monoisotopic (exact) mass is 283 g/mol. The van der Waals surface area contributed by atoms with Crippen LogP contribution in [0.1, 0.15) is 11.1 Å². The summed E-state index contributed by atoms with van der Waals surface area (Å²) in [6, 6.07) is 9.73. The minimum Gasteiger partial charge on any atom is -0.348 e. The number of carbonyl (C=O) groups is 1. The van der Waals surface area contributed by atoms with Crippen LogP contribution in [0.4, 0.5) is 5.69 Å². The molecule has 0 bridgehead atoms. The summed E-state index contributed by atoms with van der Waals surface area (Å²) in [6.45, 7) is 0.381. The fourth-order valence-electron chi connectivity index (χ4n) is 1.66. The molecular weight excluding hydrogens is 270 g/mol. The van der Waals surface area contributed by atoms with Crippen LogP contribution in [0.25, 0.3) is 6.08 Å². The van der Waals surface area contributed by atoms with Gasteiger partial charge in [-0.1, -0.05) is 18.2 Å². The fraction of sp³-hybridized carbons (Fsp3) is 0.0667. The molecule has 106 valence electrons. The van der Waals surface area contributed by atoms with Crippen molar-refractivity contribution in [3.63, 3.8) is 0 Å². The van der Waals surface area contributed by atoms with Gasteiger partial charge in [0, 0.05) is 37.1 Å². The van der Waals surface area contributed by atoms with Crippen LogP contribution in [0.15, 0.2) is 54.9 Å². The van der Waals surface area contributed by atoms with E-state index in [4.69, 9.17) is 0 Å². The van der Waals surface area contributed by atoms with Crippen LogP contribution in [0.5, 0.6) is 0 Å². The first-order chi connectivity index (χ1) is 10.1.